The fraction of sp³-hybridized carbons (Fsp3) is 1.00. The van der Waals surface area contributed by atoms with E-state index < -0.39 is 7.82 Å². The molecule has 0 aliphatic carbocycles. The highest BCUT2D eigenvalue weighted by Crippen LogP contribution is 2.36. The van der Waals surface area contributed by atoms with Crippen molar-refractivity contribution in [2.24, 2.45) is 0 Å². The van der Waals surface area contributed by atoms with Gasteiger partial charge in [0, 0.05) is 12.9 Å². The number of hydrogen-bond donors (Lipinski definition) is 2. The van der Waals surface area contributed by atoms with Crippen LogP contribution in [0.3, 0.4) is 0 Å². The first-order valence-corrected chi connectivity index (χ1v) is 14.5. The van der Waals surface area contributed by atoms with Crippen molar-refractivity contribution >= 4 is 19.6 Å². The van der Waals surface area contributed by atoms with Crippen molar-refractivity contribution in [2.45, 2.75) is 116 Å². The molecule has 0 heterocycles. The first kappa shape index (κ1) is 29.4. The second kappa shape index (κ2) is 21.6. The molecule has 0 saturated carbocycles. The minimum Gasteiger partial charge on any atom is -0.378 e. The van der Waals surface area contributed by atoms with Gasteiger partial charge in [-0.15, -0.1) is 0 Å². The van der Waals surface area contributed by atoms with E-state index >= 15 is 0 Å². The van der Waals surface area contributed by atoms with Crippen molar-refractivity contribution in [3.8, 4) is 0 Å². The Kier molecular flexibility index (Phi) is 22.0. The number of hydrogen-bond acceptors (Lipinski definition) is 4. The van der Waals surface area contributed by atoms with Crippen molar-refractivity contribution in [1.82, 2.24) is 0 Å². The average Bonchev–Trinajstić information content (AvgIpc) is 2.68. The highest BCUT2D eigenvalue weighted by molar-refractivity contribution is 7.99. The summed E-state index contributed by atoms with van der Waals surface area (Å²) in [5.41, 5.74) is 0. The Morgan fingerprint density at radius 1 is 0.759 bits per heavy atom. The van der Waals surface area contributed by atoms with Crippen LogP contribution in [-0.4, -0.2) is 41.1 Å². The summed E-state index contributed by atoms with van der Waals surface area (Å²) < 4.78 is 20.4. The fourth-order valence-corrected chi connectivity index (χ4v) is 4.76. The van der Waals surface area contributed by atoms with Gasteiger partial charge in [-0.3, -0.25) is 4.52 Å². The molecule has 0 aliphatic rings. The van der Waals surface area contributed by atoms with Gasteiger partial charge in [-0.2, -0.15) is 11.8 Å². The zero-order valence-electron chi connectivity index (χ0n) is 19.0. The van der Waals surface area contributed by atoms with Crippen LogP contribution < -0.4 is 0 Å². The lowest BCUT2D eigenvalue weighted by Gasteiger charge is -2.15. The molecule has 1 unspecified atom stereocenters. The van der Waals surface area contributed by atoms with Gasteiger partial charge in [0.1, 0.15) is 0 Å². The van der Waals surface area contributed by atoms with E-state index in [0.29, 0.717) is 5.75 Å². The van der Waals surface area contributed by atoms with Crippen molar-refractivity contribution in [1.29, 1.82) is 0 Å². The minimum atomic E-state index is -4.40. The molecule has 0 bridgehead atoms. The molecule has 0 radical (unpaired) electrons. The quantitative estimate of drug-likeness (QED) is 0.127. The third-order valence-electron chi connectivity index (χ3n) is 5.21. The Balaban J connectivity index is 3.22. The number of phosphoric acid groups is 1. The van der Waals surface area contributed by atoms with Gasteiger partial charge in [-0.1, -0.05) is 103 Å². The van der Waals surface area contributed by atoms with Crippen molar-refractivity contribution in [3.05, 3.63) is 0 Å². The van der Waals surface area contributed by atoms with E-state index in [4.69, 9.17) is 14.5 Å². The first-order chi connectivity index (χ1) is 14.0. The monoisotopic (exact) mass is 454 g/mol. The summed E-state index contributed by atoms with van der Waals surface area (Å²) in [4.78, 5) is 17.4. The molecule has 0 amide bonds. The number of ether oxygens (including phenoxy) is 1. The van der Waals surface area contributed by atoms with E-state index in [2.05, 4.69) is 11.4 Å². The Labute approximate surface area is 184 Å². The predicted molar refractivity (Wildman–Crippen MR) is 126 cm³/mol. The Hall–Kier alpha value is 0.420. The summed E-state index contributed by atoms with van der Waals surface area (Å²) in [5.74, 6) is 1.77. The molecule has 0 saturated heterocycles. The summed E-state index contributed by atoms with van der Waals surface area (Å²) in [5, 5.41) is 0. The molecule has 0 aliphatic heterocycles. The van der Waals surface area contributed by atoms with Crippen LogP contribution in [0, 0.1) is 0 Å². The van der Waals surface area contributed by atoms with Crippen LogP contribution in [0.4, 0.5) is 0 Å². The molecule has 0 spiro atoms. The van der Waals surface area contributed by atoms with E-state index in [1.807, 2.05) is 0 Å². The molecule has 7 heteroatoms. The maximum Gasteiger partial charge on any atom is 0.469 e. The smallest absolute Gasteiger partial charge is 0.378 e. The molecule has 0 aromatic heterocycles. The number of thioether (sulfide) groups is 1. The van der Waals surface area contributed by atoms with Gasteiger partial charge in [0.2, 0.25) is 0 Å². The van der Waals surface area contributed by atoms with Gasteiger partial charge in [-0.05, 0) is 12.2 Å². The molecule has 0 aromatic carbocycles. The zero-order valence-corrected chi connectivity index (χ0v) is 20.7. The first-order valence-electron chi connectivity index (χ1n) is 11.8. The van der Waals surface area contributed by atoms with E-state index in [1.54, 1.807) is 18.9 Å². The molecular weight excluding hydrogens is 407 g/mol. The second-order valence-electron chi connectivity index (χ2n) is 8.02. The van der Waals surface area contributed by atoms with Gasteiger partial charge in [0.15, 0.2) is 0 Å². The molecule has 0 rings (SSSR count). The number of rotatable bonds is 23. The molecule has 2 N–H and O–H groups in total. The van der Waals surface area contributed by atoms with E-state index in [-0.39, 0.29) is 12.7 Å². The number of phosphoric ester groups is 1. The lowest BCUT2D eigenvalue weighted by molar-refractivity contribution is 0.0605. The molecule has 29 heavy (non-hydrogen) atoms. The normalized spacial score (nSPS) is 13.1. The lowest BCUT2D eigenvalue weighted by atomic mass is 10.0. The van der Waals surface area contributed by atoms with Gasteiger partial charge in [0.05, 0.1) is 12.7 Å². The SMILES string of the molecule is CCCCCCCCCCCCCCCCCCSCC(COP(=O)(O)O)OC. The zero-order chi connectivity index (χ0) is 21.6. The second-order valence-corrected chi connectivity index (χ2v) is 10.4. The number of unbranched alkanes of at least 4 members (excludes halogenated alkanes) is 15. The maximum atomic E-state index is 10.7. The summed E-state index contributed by atoms with van der Waals surface area (Å²) >= 11 is 1.77. The van der Waals surface area contributed by atoms with Crippen LogP contribution >= 0.6 is 19.6 Å². The summed E-state index contributed by atoms with van der Waals surface area (Å²) in [6.45, 7) is 2.21. The molecule has 176 valence electrons. The summed E-state index contributed by atoms with van der Waals surface area (Å²) in [6, 6.07) is 0. The van der Waals surface area contributed by atoms with E-state index in [9.17, 15) is 4.57 Å². The Morgan fingerprint density at radius 3 is 1.55 bits per heavy atom. The van der Waals surface area contributed by atoms with Gasteiger partial charge in [0.25, 0.3) is 0 Å². The van der Waals surface area contributed by atoms with Crippen LogP contribution in [0.25, 0.3) is 0 Å². The summed E-state index contributed by atoms with van der Waals surface area (Å²) in [6.07, 6.45) is 21.8. The van der Waals surface area contributed by atoms with Crippen molar-refractivity contribution in [3.63, 3.8) is 0 Å². The van der Waals surface area contributed by atoms with Crippen LogP contribution in [0.1, 0.15) is 110 Å². The molecule has 0 aromatic rings. The van der Waals surface area contributed by atoms with Crippen LogP contribution in [0.2, 0.25) is 0 Å². The van der Waals surface area contributed by atoms with Crippen LogP contribution in [0.15, 0.2) is 0 Å². The van der Waals surface area contributed by atoms with Gasteiger partial charge in [-0.25, -0.2) is 4.57 Å². The van der Waals surface area contributed by atoms with Gasteiger partial charge >= 0.3 is 7.82 Å². The Morgan fingerprint density at radius 2 is 1.17 bits per heavy atom. The maximum absolute atomic E-state index is 10.7. The standard InChI is InChI=1S/C22H47O5PS/c1-3-4-5-6-7-8-9-10-11-12-13-14-15-16-17-18-19-29-21-22(26-2)20-27-28(23,24)25/h22H,3-21H2,1-2H3,(H2,23,24,25). The highest BCUT2D eigenvalue weighted by Gasteiger charge is 2.17. The highest BCUT2D eigenvalue weighted by atomic mass is 32.2. The average molecular weight is 455 g/mol. The lowest BCUT2D eigenvalue weighted by Crippen LogP contribution is -2.20. The molecule has 0 fully saturated rings. The third-order valence-corrected chi connectivity index (χ3v) is 6.88. The minimum absolute atomic E-state index is 0.0628. The van der Waals surface area contributed by atoms with Gasteiger partial charge < -0.3 is 14.5 Å². The Bertz CT molecular complexity index is 378. The number of methoxy groups -OCH3 is 1. The summed E-state index contributed by atoms with van der Waals surface area (Å²) in [7, 11) is -2.86. The van der Waals surface area contributed by atoms with E-state index in [0.717, 1.165) is 5.75 Å². The van der Waals surface area contributed by atoms with Crippen LogP contribution in [0.5, 0.6) is 0 Å². The predicted octanol–water partition coefficient (Wildman–Crippen LogP) is 7.11. The van der Waals surface area contributed by atoms with Crippen molar-refractivity contribution in [2.75, 3.05) is 25.2 Å². The van der Waals surface area contributed by atoms with E-state index in [1.165, 1.54) is 103 Å². The molecule has 5 nitrogen and oxygen atoms in total. The third kappa shape index (κ3) is 24.6. The largest absolute Gasteiger partial charge is 0.469 e. The fourth-order valence-electron chi connectivity index (χ4n) is 3.33. The molecule has 1 atom stereocenters. The molecular formula is C22H47O5PS. The van der Waals surface area contributed by atoms with Crippen molar-refractivity contribution < 1.29 is 23.6 Å². The van der Waals surface area contributed by atoms with Crippen LogP contribution in [-0.2, 0) is 13.8 Å². The topological polar surface area (TPSA) is 76.0 Å².